The predicted molar refractivity (Wildman–Crippen MR) is 88.9 cm³/mol. The molecule has 2 atom stereocenters. The van der Waals surface area contributed by atoms with E-state index in [2.05, 4.69) is 17.3 Å². The van der Waals surface area contributed by atoms with E-state index < -0.39 is 11.4 Å². The topological polar surface area (TPSA) is 87.5 Å². The molecule has 1 aromatic rings. The first-order valence-corrected chi connectivity index (χ1v) is 8.78. The summed E-state index contributed by atoms with van der Waals surface area (Å²) in [6.45, 7) is 6.40. The van der Waals surface area contributed by atoms with E-state index in [4.69, 9.17) is 0 Å². The van der Waals surface area contributed by atoms with Crippen molar-refractivity contribution in [3.63, 3.8) is 0 Å². The number of carboxylic acids is 1. The van der Waals surface area contributed by atoms with E-state index in [0.717, 1.165) is 25.9 Å². The summed E-state index contributed by atoms with van der Waals surface area (Å²) in [4.78, 5) is 26.6. The largest absolute Gasteiger partial charge is 0.481 e. The van der Waals surface area contributed by atoms with Crippen molar-refractivity contribution >= 4 is 11.9 Å². The summed E-state index contributed by atoms with van der Waals surface area (Å²) >= 11 is 0. The second-order valence-electron chi connectivity index (χ2n) is 6.98. The van der Waals surface area contributed by atoms with Crippen molar-refractivity contribution in [1.82, 2.24) is 20.0 Å². The number of aromatic nitrogens is 2. The number of carbonyl (C=O) groups excluding carboxylic acids is 1. The second kappa shape index (κ2) is 6.55. The number of hydrogen-bond acceptors (Lipinski definition) is 4. The SMILES string of the molecule is CCCn1cc(C(=O)N2CC[C@@H]3NCCC[C@@]3(C(=O)O)C2)c(C)n1. The van der Waals surface area contributed by atoms with Gasteiger partial charge in [-0.1, -0.05) is 6.92 Å². The van der Waals surface area contributed by atoms with Crippen LogP contribution in [0.3, 0.4) is 0 Å². The molecule has 24 heavy (non-hydrogen) atoms. The highest BCUT2D eigenvalue weighted by Crippen LogP contribution is 2.38. The van der Waals surface area contributed by atoms with Crippen molar-refractivity contribution in [2.75, 3.05) is 19.6 Å². The molecule has 0 radical (unpaired) electrons. The van der Waals surface area contributed by atoms with Gasteiger partial charge in [-0.2, -0.15) is 5.10 Å². The fourth-order valence-electron chi connectivity index (χ4n) is 4.06. The van der Waals surface area contributed by atoms with Gasteiger partial charge >= 0.3 is 5.97 Å². The molecule has 132 valence electrons. The molecule has 1 aromatic heterocycles. The molecule has 0 aliphatic carbocycles. The molecular formula is C17H26N4O3. The number of carbonyl (C=O) groups is 2. The van der Waals surface area contributed by atoms with Crippen molar-refractivity contribution < 1.29 is 14.7 Å². The van der Waals surface area contributed by atoms with Crippen molar-refractivity contribution in [2.45, 2.75) is 52.1 Å². The van der Waals surface area contributed by atoms with Crippen LogP contribution in [0.15, 0.2) is 6.20 Å². The lowest BCUT2D eigenvalue weighted by molar-refractivity contribution is -0.156. The van der Waals surface area contributed by atoms with E-state index in [0.29, 0.717) is 30.6 Å². The standard InChI is InChI=1S/C17H26N4O3/c1-3-8-21-10-13(12(2)19-21)15(22)20-9-5-14-17(11-20,16(23)24)6-4-7-18-14/h10,14,18H,3-9,11H2,1-2H3,(H,23,24)/t14-,17+/m0/s1. The average molecular weight is 334 g/mol. The molecule has 3 rings (SSSR count). The minimum Gasteiger partial charge on any atom is -0.481 e. The minimum atomic E-state index is -0.862. The molecule has 7 heteroatoms. The number of carboxylic acid groups (broad SMARTS) is 1. The maximum absolute atomic E-state index is 12.9. The van der Waals surface area contributed by atoms with Gasteiger partial charge in [0.15, 0.2) is 0 Å². The van der Waals surface area contributed by atoms with Gasteiger partial charge in [-0.3, -0.25) is 14.3 Å². The molecule has 0 aromatic carbocycles. The number of hydrogen-bond donors (Lipinski definition) is 2. The molecule has 0 bridgehead atoms. The molecular weight excluding hydrogens is 308 g/mol. The maximum atomic E-state index is 12.9. The zero-order valence-electron chi connectivity index (χ0n) is 14.4. The van der Waals surface area contributed by atoms with E-state index >= 15 is 0 Å². The predicted octanol–water partition coefficient (Wildman–Crippen LogP) is 1.27. The summed E-state index contributed by atoms with van der Waals surface area (Å²) in [7, 11) is 0. The smallest absolute Gasteiger partial charge is 0.313 e. The Morgan fingerprint density at radius 2 is 2.29 bits per heavy atom. The van der Waals surface area contributed by atoms with Gasteiger partial charge in [-0.05, 0) is 39.2 Å². The maximum Gasteiger partial charge on any atom is 0.313 e. The Morgan fingerprint density at radius 1 is 1.50 bits per heavy atom. The number of aliphatic carboxylic acids is 1. The number of piperidine rings is 2. The first kappa shape index (κ1) is 17.0. The summed E-state index contributed by atoms with van der Waals surface area (Å²) in [5.41, 5.74) is 0.437. The lowest BCUT2D eigenvalue weighted by Crippen LogP contribution is -2.63. The van der Waals surface area contributed by atoms with Gasteiger partial charge in [0.2, 0.25) is 0 Å². The molecule has 0 spiro atoms. The highest BCUT2D eigenvalue weighted by molar-refractivity contribution is 5.95. The van der Waals surface area contributed by atoms with Crippen LogP contribution < -0.4 is 5.32 Å². The number of nitrogens with zero attached hydrogens (tertiary/aromatic N) is 3. The first-order chi connectivity index (χ1) is 11.5. The number of nitrogens with one attached hydrogen (secondary N) is 1. The monoisotopic (exact) mass is 334 g/mol. The van der Waals surface area contributed by atoms with Gasteiger partial charge in [-0.25, -0.2) is 0 Å². The van der Waals surface area contributed by atoms with Gasteiger partial charge in [0.1, 0.15) is 5.41 Å². The van der Waals surface area contributed by atoms with E-state index in [1.54, 1.807) is 15.8 Å². The Morgan fingerprint density at radius 3 is 3.00 bits per heavy atom. The van der Waals surface area contributed by atoms with Crippen molar-refractivity contribution in [2.24, 2.45) is 5.41 Å². The van der Waals surface area contributed by atoms with Gasteiger partial charge in [0, 0.05) is 31.9 Å². The van der Waals surface area contributed by atoms with Gasteiger partial charge in [-0.15, -0.1) is 0 Å². The lowest BCUT2D eigenvalue weighted by Gasteiger charge is -2.48. The summed E-state index contributed by atoms with van der Waals surface area (Å²) in [6, 6.07) is -0.0447. The Balaban J connectivity index is 1.82. The Hall–Kier alpha value is -1.89. The fourth-order valence-corrected chi connectivity index (χ4v) is 4.06. The molecule has 2 fully saturated rings. The summed E-state index contributed by atoms with van der Waals surface area (Å²) in [5.74, 6) is -0.893. The molecule has 7 nitrogen and oxygen atoms in total. The third-order valence-electron chi connectivity index (χ3n) is 5.36. The van der Waals surface area contributed by atoms with E-state index in [1.165, 1.54) is 0 Å². The molecule has 0 saturated carbocycles. The third kappa shape index (κ3) is 2.81. The van der Waals surface area contributed by atoms with Crippen LogP contribution in [-0.2, 0) is 11.3 Å². The Kier molecular flexibility index (Phi) is 4.62. The average Bonchev–Trinajstić information content (AvgIpc) is 2.94. The van der Waals surface area contributed by atoms with Crippen LogP contribution in [0.1, 0.15) is 48.7 Å². The van der Waals surface area contributed by atoms with E-state index in [9.17, 15) is 14.7 Å². The number of rotatable bonds is 4. The summed E-state index contributed by atoms with van der Waals surface area (Å²) < 4.78 is 1.80. The molecule has 2 N–H and O–H groups in total. The number of amides is 1. The molecule has 1 amide bonds. The van der Waals surface area contributed by atoms with Crippen molar-refractivity contribution in [3.05, 3.63) is 17.5 Å². The zero-order valence-corrected chi connectivity index (χ0v) is 14.4. The second-order valence-corrected chi connectivity index (χ2v) is 6.98. The van der Waals surface area contributed by atoms with Gasteiger partial charge in [0.25, 0.3) is 5.91 Å². The Bertz CT molecular complexity index is 642. The zero-order chi connectivity index (χ0) is 17.3. The molecule has 3 heterocycles. The lowest BCUT2D eigenvalue weighted by atomic mass is 9.70. The number of likely N-dealkylation sites (tertiary alicyclic amines) is 1. The van der Waals surface area contributed by atoms with Crippen LogP contribution >= 0.6 is 0 Å². The first-order valence-electron chi connectivity index (χ1n) is 8.78. The molecule has 2 aliphatic heterocycles. The highest BCUT2D eigenvalue weighted by Gasteiger charge is 2.51. The summed E-state index contributed by atoms with van der Waals surface area (Å²) in [6.07, 6.45) is 4.88. The number of fused-ring (bicyclic) bond motifs is 1. The van der Waals surface area contributed by atoms with Crippen LogP contribution in [0.5, 0.6) is 0 Å². The van der Waals surface area contributed by atoms with Gasteiger partial charge < -0.3 is 15.3 Å². The van der Waals surface area contributed by atoms with Crippen LogP contribution in [0.4, 0.5) is 0 Å². The summed E-state index contributed by atoms with van der Waals surface area (Å²) in [5, 5.41) is 17.6. The fraction of sp³-hybridized carbons (Fsp3) is 0.706. The third-order valence-corrected chi connectivity index (χ3v) is 5.36. The number of aryl methyl sites for hydroxylation is 2. The van der Waals surface area contributed by atoms with Crippen LogP contribution in [0, 0.1) is 12.3 Å². The normalized spacial score (nSPS) is 26.9. The molecule has 2 aliphatic rings. The van der Waals surface area contributed by atoms with Crippen molar-refractivity contribution in [3.8, 4) is 0 Å². The molecule has 0 unspecified atom stereocenters. The van der Waals surface area contributed by atoms with Crippen molar-refractivity contribution in [1.29, 1.82) is 0 Å². The van der Waals surface area contributed by atoms with Crippen LogP contribution in [0.25, 0.3) is 0 Å². The van der Waals surface area contributed by atoms with E-state index in [-0.39, 0.29) is 18.5 Å². The minimum absolute atomic E-state index is 0.0447. The van der Waals surface area contributed by atoms with Crippen LogP contribution in [0.2, 0.25) is 0 Å². The highest BCUT2D eigenvalue weighted by atomic mass is 16.4. The van der Waals surface area contributed by atoms with E-state index in [1.807, 2.05) is 6.92 Å². The van der Waals surface area contributed by atoms with Gasteiger partial charge in [0.05, 0.1) is 11.3 Å². The van der Waals surface area contributed by atoms with Crippen LogP contribution in [-0.4, -0.2) is 57.3 Å². The Labute approximate surface area is 142 Å². The molecule has 2 saturated heterocycles. The quantitative estimate of drug-likeness (QED) is 0.866.